The molecule has 1 saturated carbocycles. The number of hydrogen-bond donors (Lipinski definition) is 4. The lowest BCUT2D eigenvalue weighted by Crippen LogP contribution is -2.51. The van der Waals surface area contributed by atoms with Crippen molar-refractivity contribution in [1.82, 2.24) is 10.2 Å². The number of rotatable bonds is 7. The average Bonchev–Trinajstić information content (AvgIpc) is 2.26. The highest BCUT2D eigenvalue weighted by Gasteiger charge is 2.44. The van der Waals surface area contributed by atoms with Crippen LogP contribution < -0.4 is 5.32 Å². The van der Waals surface area contributed by atoms with E-state index in [4.69, 9.17) is 15.3 Å². The van der Waals surface area contributed by atoms with E-state index < -0.39 is 17.4 Å². The Morgan fingerprint density at radius 3 is 2.06 bits per heavy atom. The summed E-state index contributed by atoms with van der Waals surface area (Å²) in [4.78, 5) is 24.1. The van der Waals surface area contributed by atoms with Crippen molar-refractivity contribution in [3.05, 3.63) is 0 Å². The maximum absolute atomic E-state index is 11.7. The second-order valence-electron chi connectivity index (χ2n) is 4.53. The fourth-order valence-electron chi connectivity index (χ4n) is 1.98. The van der Waals surface area contributed by atoms with E-state index >= 15 is 0 Å². The first-order valence-corrected chi connectivity index (χ1v) is 6.03. The molecule has 0 heterocycles. The summed E-state index contributed by atoms with van der Waals surface area (Å²) in [5.41, 5.74) is -0.834. The number of carbonyl (C=O) groups is 2. The third kappa shape index (κ3) is 3.33. The molecule has 0 aromatic heterocycles. The number of carboxylic acid groups (broad SMARTS) is 1. The molecule has 0 bridgehead atoms. The standard InChI is InChI=1S/C11H20N2O5/c14-6-4-13(5-7-15)10(18)12-8-11(9(16)17)2-1-3-11/h14-15H,1-8H2,(H,12,18)(H,16,17). The lowest BCUT2D eigenvalue weighted by atomic mass is 9.69. The SMILES string of the molecule is O=C(NCC1(C(=O)O)CCC1)N(CCO)CCO. The number of urea groups is 1. The van der Waals surface area contributed by atoms with Crippen molar-refractivity contribution in [1.29, 1.82) is 0 Å². The summed E-state index contributed by atoms with van der Waals surface area (Å²) in [5.74, 6) is -0.884. The van der Waals surface area contributed by atoms with Crippen LogP contribution in [0.3, 0.4) is 0 Å². The second kappa shape index (κ2) is 6.55. The van der Waals surface area contributed by atoms with Gasteiger partial charge in [-0.05, 0) is 12.8 Å². The Bertz CT molecular complexity index is 298. The Balaban J connectivity index is 2.45. The van der Waals surface area contributed by atoms with E-state index in [9.17, 15) is 9.59 Å². The molecule has 2 amide bonds. The van der Waals surface area contributed by atoms with E-state index in [1.165, 1.54) is 4.90 Å². The Morgan fingerprint density at radius 2 is 1.72 bits per heavy atom. The zero-order chi connectivity index (χ0) is 13.6. The van der Waals surface area contributed by atoms with Gasteiger partial charge in [-0.25, -0.2) is 4.79 Å². The number of aliphatic carboxylic acids is 1. The Morgan fingerprint density at radius 1 is 1.17 bits per heavy atom. The molecule has 0 aliphatic heterocycles. The van der Waals surface area contributed by atoms with Crippen LogP contribution in [0.1, 0.15) is 19.3 Å². The molecule has 1 fully saturated rings. The molecule has 7 nitrogen and oxygen atoms in total. The quantitative estimate of drug-likeness (QED) is 0.481. The van der Waals surface area contributed by atoms with Crippen LogP contribution in [-0.2, 0) is 4.79 Å². The summed E-state index contributed by atoms with van der Waals surface area (Å²) >= 11 is 0. The number of hydrogen-bond acceptors (Lipinski definition) is 4. The van der Waals surface area contributed by atoms with E-state index in [0.717, 1.165) is 6.42 Å². The summed E-state index contributed by atoms with van der Waals surface area (Å²) in [6.45, 7) is -0.0670. The van der Waals surface area contributed by atoms with Crippen molar-refractivity contribution in [2.45, 2.75) is 19.3 Å². The number of amides is 2. The van der Waals surface area contributed by atoms with Gasteiger partial charge in [0.25, 0.3) is 0 Å². The zero-order valence-electron chi connectivity index (χ0n) is 10.3. The van der Waals surface area contributed by atoms with E-state index in [1.807, 2.05) is 0 Å². The molecule has 104 valence electrons. The topological polar surface area (TPSA) is 110 Å². The molecular weight excluding hydrogens is 240 g/mol. The van der Waals surface area contributed by atoms with Crippen LogP contribution in [0.15, 0.2) is 0 Å². The molecule has 7 heteroatoms. The minimum absolute atomic E-state index is 0.0918. The van der Waals surface area contributed by atoms with Gasteiger partial charge < -0.3 is 25.5 Å². The lowest BCUT2D eigenvalue weighted by molar-refractivity contribution is -0.153. The number of nitrogens with zero attached hydrogens (tertiary/aromatic N) is 1. The van der Waals surface area contributed by atoms with E-state index in [0.29, 0.717) is 12.8 Å². The first kappa shape index (κ1) is 14.7. The molecule has 0 aromatic rings. The maximum Gasteiger partial charge on any atom is 0.317 e. The number of aliphatic hydroxyl groups is 2. The van der Waals surface area contributed by atoms with Crippen molar-refractivity contribution in [3.63, 3.8) is 0 Å². The van der Waals surface area contributed by atoms with E-state index in [2.05, 4.69) is 5.32 Å². The van der Waals surface area contributed by atoms with Gasteiger partial charge in [0.15, 0.2) is 0 Å². The van der Waals surface area contributed by atoms with Gasteiger partial charge in [-0.1, -0.05) is 6.42 Å². The summed E-state index contributed by atoms with van der Waals surface area (Å²) < 4.78 is 0. The second-order valence-corrected chi connectivity index (χ2v) is 4.53. The lowest BCUT2D eigenvalue weighted by Gasteiger charge is -2.38. The molecule has 1 aliphatic carbocycles. The summed E-state index contributed by atoms with van der Waals surface area (Å²) in [5, 5.41) is 29.2. The van der Waals surface area contributed by atoms with Crippen LogP contribution >= 0.6 is 0 Å². The van der Waals surface area contributed by atoms with Crippen molar-refractivity contribution in [2.24, 2.45) is 5.41 Å². The van der Waals surface area contributed by atoms with Crippen molar-refractivity contribution in [3.8, 4) is 0 Å². The highest BCUT2D eigenvalue weighted by molar-refractivity contribution is 5.78. The highest BCUT2D eigenvalue weighted by atomic mass is 16.4. The number of aliphatic hydroxyl groups excluding tert-OH is 2. The van der Waals surface area contributed by atoms with E-state index in [-0.39, 0.29) is 32.8 Å². The summed E-state index contributed by atoms with van der Waals surface area (Å²) in [7, 11) is 0. The molecular formula is C11H20N2O5. The molecule has 18 heavy (non-hydrogen) atoms. The fourth-order valence-corrected chi connectivity index (χ4v) is 1.98. The van der Waals surface area contributed by atoms with E-state index in [1.54, 1.807) is 0 Å². The molecule has 1 aliphatic rings. The van der Waals surface area contributed by atoms with Gasteiger partial charge in [0.2, 0.25) is 0 Å². The third-order valence-corrected chi connectivity index (χ3v) is 3.37. The Hall–Kier alpha value is -1.34. The smallest absolute Gasteiger partial charge is 0.317 e. The van der Waals surface area contributed by atoms with Crippen LogP contribution in [0, 0.1) is 5.41 Å². The van der Waals surface area contributed by atoms with Gasteiger partial charge in [-0.3, -0.25) is 4.79 Å². The molecule has 0 spiro atoms. The van der Waals surface area contributed by atoms with Crippen LogP contribution in [0.4, 0.5) is 4.79 Å². The summed E-state index contributed by atoms with van der Waals surface area (Å²) in [6.07, 6.45) is 2.00. The number of carbonyl (C=O) groups excluding carboxylic acids is 1. The van der Waals surface area contributed by atoms with Gasteiger partial charge in [-0.15, -0.1) is 0 Å². The van der Waals surface area contributed by atoms with Crippen molar-refractivity contribution < 1.29 is 24.9 Å². The average molecular weight is 260 g/mol. The maximum atomic E-state index is 11.7. The first-order chi connectivity index (χ1) is 8.55. The van der Waals surface area contributed by atoms with Crippen LogP contribution in [0.25, 0.3) is 0 Å². The predicted octanol–water partition coefficient (Wildman–Crippen LogP) is -0.762. The molecule has 0 unspecified atom stereocenters. The van der Waals surface area contributed by atoms with Gasteiger partial charge in [-0.2, -0.15) is 0 Å². The van der Waals surface area contributed by atoms with Crippen LogP contribution in [0.2, 0.25) is 0 Å². The minimum atomic E-state index is -0.884. The molecule has 0 radical (unpaired) electrons. The highest BCUT2D eigenvalue weighted by Crippen LogP contribution is 2.40. The van der Waals surface area contributed by atoms with Gasteiger partial charge in [0, 0.05) is 19.6 Å². The molecule has 1 rings (SSSR count). The first-order valence-electron chi connectivity index (χ1n) is 6.03. The fraction of sp³-hybridized carbons (Fsp3) is 0.818. The predicted molar refractivity (Wildman–Crippen MR) is 63.1 cm³/mol. The van der Waals surface area contributed by atoms with Crippen molar-refractivity contribution in [2.75, 3.05) is 32.8 Å². The van der Waals surface area contributed by atoms with Crippen molar-refractivity contribution >= 4 is 12.0 Å². The monoisotopic (exact) mass is 260 g/mol. The Kier molecular flexibility index (Phi) is 5.36. The summed E-state index contributed by atoms with van der Waals surface area (Å²) in [6, 6.07) is -0.453. The van der Waals surface area contributed by atoms with Gasteiger partial charge >= 0.3 is 12.0 Å². The minimum Gasteiger partial charge on any atom is -0.481 e. The zero-order valence-corrected chi connectivity index (χ0v) is 10.3. The molecule has 4 N–H and O–H groups in total. The largest absolute Gasteiger partial charge is 0.481 e. The third-order valence-electron chi connectivity index (χ3n) is 3.37. The molecule has 0 aromatic carbocycles. The molecule has 0 atom stereocenters. The van der Waals surface area contributed by atoms with Crippen LogP contribution in [-0.4, -0.2) is 65.1 Å². The van der Waals surface area contributed by atoms with Gasteiger partial charge in [0.1, 0.15) is 0 Å². The van der Waals surface area contributed by atoms with Crippen LogP contribution in [0.5, 0.6) is 0 Å². The normalized spacial score (nSPS) is 16.8. The van der Waals surface area contributed by atoms with Gasteiger partial charge in [0.05, 0.1) is 18.6 Å². The number of nitrogens with one attached hydrogen (secondary N) is 1. The Labute approximate surface area is 105 Å². The number of carboxylic acids is 1. The molecule has 0 saturated heterocycles.